The van der Waals surface area contributed by atoms with Gasteiger partial charge in [0.1, 0.15) is 6.61 Å². The van der Waals surface area contributed by atoms with Gasteiger partial charge < -0.3 is 26.4 Å². The Labute approximate surface area is 224 Å². The van der Waals surface area contributed by atoms with Crippen molar-refractivity contribution in [1.29, 1.82) is 0 Å². The molecule has 7 heteroatoms. The molecule has 2 saturated carbocycles. The van der Waals surface area contributed by atoms with Crippen LogP contribution >= 0.6 is 0 Å². The minimum atomic E-state index is -0.477. The zero-order chi connectivity index (χ0) is 26.3. The van der Waals surface area contributed by atoms with E-state index in [4.69, 9.17) is 10.5 Å². The summed E-state index contributed by atoms with van der Waals surface area (Å²) in [6.45, 7) is 0.532. The summed E-state index contributed by atoms with van der Waals surface area (Å²) >= 11 is 0. The number of amides is 2. The highest BCUT2D eigenvalue weighted by Gasteiger charge is 2.39. The third kappa shape index (κ3) is 6.92. The first-order valence-electron chi connectivity index (χ1n) is 13.6. The molecule has 0 spiro atoms. The van der Waals surface area contributed by atoms with Gasteiger partial charge in [0.15, 0.2) is 0 Å². The molecule has 5 rings (SSSR count). The lowest BCUT2D eigenvalue weighted by molar-refractivity contribution is 0.102. The van der Waals surface area contributed by atoms with Crippen LogP contribution in [0.5, 0.6) is 0 Å². The lowest BCUT2D eigenvalue weighted by atomic mass is 9.95. The van der Waals surface area contributed by atoms with Gasteiger partial charge >= 0.3 is 6.09 Å². The van der Waals surface area contributed by atoms with Crippen molar-refractivity contribution >= 4 is 23.4 Å². The zero-order valence-electron chi connectivity index (χ0n) is 21.6. The van der Waals surface area contributed by atoms with Gasteiger partial charge in [-0.1, -0.05) is 67.8 Å². The highest BCUT2D eigenvalue weighted by Crippen LogP contribution is 2.41. The van der Waals surface area contributed by atoms with E-state index < -0.39 is 6.09 Å². The Morgan fingerprint density at radius 3 is 2.32 bits per heavy atom. The van der Waals surface area contributed by atoms with E-state index in [1.54, 1.807) is 36.4 Å². The molecule has 1 unspecified atom stereocenters. The maximum absolute atomic E-state index is 12.5. The first-order valence-corrected chi connectivity index (χ1v) is 13.6. The highest BCUT2D eigenvalue weighted by atomic mass is 16.5. The minimum absolute atomic E-state index is 0.224. The molecular formula is C31H36N4O3. The molecule has 0 bridgehead atoms. The summed E-state index contributed by atoms with van der Waals surface area (Å²) in [6.07, 6.45) is 7.45. The molecule has 2 aliphatic rings. The second-order valence-corrected chi connectivity index (χ2v) is 10.4. The second kappa shape index (κ2) is 12.1. The van der Waals surface area contributed by atoms with E-state index in [9.17, 15) is 9.59 Å². The Hall–Kier alpha value is -3.84. The summed E-state index contributed by atoms with van der Waals surface area (Å²) in [7, 11) is 0. The third-order valence-electron chi connectivity index (χ3n) is 7.49. The van der Waals surface area contributed by atoms with Crippen LogP contribution in [-0.2, 0) is 17.9 Å². The molecule has 5 N–H and O–H groups in total. The molecule has 0 heterocycles. The lowest BCUT2D eigenvalue weighted by Gasteiger charge is -2.23. The Bertz CT molecular complexity index is 1240. The molecule has 2 fully saturated rings. The Morgan fingerprint density at radius 2 is 1.58 bits per heavy atom. The number of nitrogens with one attached hydrogen (secondary N) is 3. The molecule has 2 amide bonds. The van der Waals surface area contributed by atoms with Crippen LogP contribution in [-0.4, -0.2) is 24.1 Å². The molecule has 0 aromatic heterocycles. The largest absolute Gasteiger partial charge is 0.445 e. The minimum Gasteiger partial charge on any atom is -0.445 e. The molecule has 2 aliphatic carbocycles. The third-order valence-corrected chi connectivity index (χ3v) is 7.49. The number of ether oxygens (including phenoxy) is 1. The van der Waals surface area contributed by atoms with Crippen molar-refractivity contribution in [2.24, 2.45) is 0 Å². The van der Waals surface area contributed by atoms with Crippen LogP contribution in [0.15, 0.2) is 72.8 Å². The fourth-order valence-electron chi connectivity index (χ4n) is 5.13. The molecule has 0 radical (unpaired) electrons. The smallest absolute Gasteiger partial charge is 0.407 e. The van der Waals surface area contributed by atoms with Crippen LogP contribution in [0.25, 0.3) is 0 Å². The first kappa shape index (κ1) is 25.8. The summed E-state index contributed by atoms with van der Waals surface area (Å²) in [6, 6.07) is 23.9. The fourth-order valence-corrected chi connectivity index (χ4v) is 5.13. The van der Waals surface area contributed by atoms with Gasteiger partial charge in [-0.15, -0.1) is 0 Å². The van der Waals surface area contributed by atoms with Crippen LogP contribution in [0, 0.1) is 0 Å². The maximum atomic E-state index is 12.5. The van der Waals surface area contributed by atoms with Crippen molar-refractivity contribution in [2.75, 3.05) is 11.1 Å². The number of benzene rings is 3. The van der Waals surface area contributed by atoms with Gasteiger partial charge in [-0.3, -0.25) is 4.79 Å². The number of hydrogen-bond donors (Lipinski definition) is 4. The van der Waals surface area contributed by atoms with Crippen LogP contribution in [0.2, 0.25) is 0 Å². The average Bonchev–Trinajstić information content (AvgIpc) is 3.72. The Balaban J connectivity index is 1.02. The summed E-state index contributed by atoms with van der Waals surface area (Å²) in [4.78, 5) is 24.7. The average molecular weight is 513 g/mol. The van der Waals surface area contributed by atoms with Crippen LogP contribution < -0.4 is 21.7 Å². The van der Waals surface area contributed by atoms with Gasteiger partial charge in [-0.2, -0.15) is 0 Å². The fraction of sp³-hybridized carbons (Fsp3) is 0.355. The molecule has 198 valence electrons. The molecular weight excluding hydrogens is 476 g/mol. The predicted molar refractivity (Wildman–Crippen MR) is 150 cm³/mol. The molecule has 3 aromatic rings. The molecule has 3 aromatic carbocycles. The number of rotatable bonds is 9. The maximum Gasteiger partial charge on any atom is 0.407 e. The number of hydrogen-bond acceptors (Lipinski definition) is 5. The Kier molecular flexibility index (Phi) is 8.24. The molecule has 2 atom stereocenters. The van der Waals surface area contributed by atoms with E-state index in [1.807, 2.05) is 24.3 Å². The van der Waals surface area contributed by atoms with Crippen LogP contribution in [0.4, 0.5) is 16.2 Å². The van der Waals surface area contributed by atoms with Crippen LogP contribution in [0.3, 0.4) is 0 Å². The van der Waals surface area contributed by atoms with Gasteiger partial charge in [-0.25, -0.2) is 4.79 Å². The number of para-hydroxylation sites is 2. The topological polar surface area (TPSA) is 105 Å². The van der Waals surface area contributed by atoms with Gasteiger partial charge in [0.05, 0.1) is 11.4 Å². The Morgan fingerprint density at radius 1 is 0.868 bits per heavy atom. The number of alkyl carbamates (subject to hydrolysis) is 1. The molecule has 0 saturated heterocycles. The predicted octanol–water partition coefficient (Wildman–Crippen LogP) is 5.73. The molecule has 7 nitrogen and oxygen atoms in total. The lowest BCUT2D eigenvalue weighted by Crippen LogP contribution is -2.33. The van der Waals surface area contributed by atoms with Crippen molar-refractivity contribution in [3.05, 3.63) is 95.1 Å². The van der Waals surface area contributed by atoms with E-state index in [0.717, 1.165) is 11.1 Å². The van der Waals surface area contributed by atoms with Crippen molar-refractivity contribution in [3.63, 3.8) is 0 Å². The van der Waals surface area contributed by atoms with Crippen molar-refractivity contribution in [3.8, 4) is 0 Å². The van der Waals surface area contributed by atoms with E-state index in [1.165, 1.54) is 44.1 Å². The van der Waals surface area contributed by atoms with Crippen molar-refractivity contribution in [2.45, 2.75) is 69.7 Å². The number of carbonyl (C=O) groups is 2. The summed E-state index contributed by atoms with van der Waals surface area (Å²) < 4.78 is 5.39. The molecule has 38 heavy (non-hydrogen) atoms. The first-order chi connectivity index (χ1) is 18.5. The SMILES string of the molecule is Nc1ccccc1NC(=O)c1ccc(CNC(=O)OCc2ccc(C3C[C@@H]3NC3CCCCC3)cc2)cc1. The standard InChI is InChI=1S/C31H36N4O3/c32-27-8-4-5-9-28(27)35-30(36)24-16-10-21(11-17-24)19-33-31(37)38-20-22-12-14-23(15-13-22)26-18-29(26)34-25-6-2-1-3-7-25/h4-5,8-17,25-26,29,34H,1-3,6-7,18-20,32H2,(H,33,37)(H,35,36)/t26?,29-/m0/s1. The van der Waals surface area contributed by atoms with E-state index in [0.29, 0.717) is 41.5 Å². The number of nitrogens with two attached hydrogens (primary N) is 1. The van der Waals surface area contributed by atoms with E-state index in [2.05, 4.69) is 28.1 Å². The van der Waals surface area contributed by atoms with Crippen LogP contribution in [0.1, 0.15) is 71.5 Å². The number of carbonyl (C=O) groups excluding carboxylic acids is 2. The summed E-state index contributed by atoms with van der Waals surface area (Å²) in [5.74, 6) is 0.356. The summed E-state index contributed by atoms with van der Waals surface area (Å²) in [5.41, 5.74) is 10.7. The molecule has 0 aliphatic heterocycles. The van der Waals surface area contributed by atoms with Gasteiger partial charge in [0.25, 0.3) is 5.91 Å². The normalized spacial score (nSPS) is 18.9. The zero-order valence-corrected chi connectivity index (χ0v) is 21.6. The van der Waals surface area contributed by atoms with Crippen molar-refractivity contribution < 1.29 is 14.3 Å². The second-order valence-electron chi connectivity index (χ2n) is 10.4. The van der Waals surface area contributed by atoms with Gasteiger partial charge in [-0.05, 0) is 60.2 Å². The van der Waals surface area contributed by atoms with E-state index in [-0.39, 0.29) is 12.5 Å². The van der Waals surface area contributed by atoms with Crippen molar-refractivity contribution in [1.82, 2.24) is 10.6 Å². The monoisotopic (exact) mass is 512 g/mol. The van der Waals surface area contributed by atoms with Gasteiger partial charge in [0, 0.05) is 30.1 Å². The number of anilines is 2. The highest BCUT2D eigenvalue weighted by molar-refractivity contribution is 6.05. The number of nitrogen functional groups attached to an aromatic ring is 1. The summed E-state index contributed by atoms with van der Waals surface area (Å²) in [5, 5.41) is 9.41. The van der Waals surface area contributed by atoms with Gasteiger partial charge in [0.2, 0.25) is 0 Å². The quantitative estimate of drug-likeness (QED) is 0.274. The van der Waals surface area contributed by atoms with E-state index >= 15 is 0 Å².